The third kappa shape index (κ3) is 1.28. The lowest BCUT2D eigenvalue weighted by molar-refractivity contribution is -0.0400. The van der Waals surface area contributed by atoms with Crippen LogP contribution in [0.25, 0.3) is 0 Å². The quantitative estimate of drug-likeness (QED) is 0.732. The van der Waals surface area contributed by atoms with Crippen molar-refractivity contribution in [1.29, 1.82) is 0 Å². The first-order chi connectivity index (χ1) is 7.91. The summed E-state index contributed by atoms with van der Waals surface area (Å²) >= 11 is 0. The first-order valence-electron chi connectivity index (χ1n) is 5.75. The number of halogens is 3. The molecule has 17 heavy (non-hydrogen) atoms. The maximum absolute atomic E-state index is 12.8. The number of hydrogen-bond acceptors (Lipinski definition) is 1. The van der Waals surface area contributed by atoms with Gasteiger partial charge in [-0.25, -0.2) is 0 Å². The maximum atomic E-state index is 12.8. The van der Waals surface area contributed by atoms with Crippen LogP contribution in [-0.2, 0) is 5.41 Å². The van der Waals surface area contributed by atoms with E-state index in [9.17, 15) is 12.9 Å². The van der Waals surface area contributed by atoms with Crippen LogP contribution < -0.4 is 4.74 Å². The van der Waals surface area contributed by atoms with Gasteiger partial charge in [0.1, 0.15) is 5.75 Å². The molecule has 1 nitrogen and oxygen atoms in total. The van der Waals surface area contributed by atoms with Crippen molar-refractivity contribution in [2.75, 3.05) is 7.11 Å². The molecule has 1 aromatic rings. The molecule has 0 aliphatic heterocycles. The van der Waals surface area contributed by atoms with E-state index in [0.717, 1.165) is 11.3 Å². The molecule has 4 rings (SSSR count). The first-order valence-corrected chi connectivity index (χ1v) is 5.75. The summed E-state index contributed by atoms with van der Waals surface area (Å²) in [6, 6.07) is 7.43. The highest BCUT2D eigenvalue weighted by molar-refractivity contribution is 6.63. The van der Waals surface area contributed by atoms with E-state index < -0.39 is 12.3 Å². The van der Waals surface area contributed by atoms with Crippen molar-refractivity contribution in [3.63, 3.8) is 0 Å². The predicted octanol–water partition coefficient (Wildman–Crippen LogP) is 3.72. The Morgan fingerprint density at radius 1 is 1.06 bits per heavy atom. The predicted molar refractivity (Wildman–Crippen MR) is 60.3 cm³/mol. The summed E-state index contributed by atoms with van der Waals surface area (Å²) in [7, 11) is 1.58. The molecule has 1 aromatic carbocycles. The van der Waals surface area contributed by atoms with Crippen LogP contribution in [0.1, 0.15) is 24.8 Å². The monoisotopic (exact) mass is 241 g/mol. The molecule has 5 heteroatoms. The van der Waals surface area contributed by atoms with Gasteiger partial charge in [-0.05, 0) is 23.1 Å². The molecule has 0 N–H and O–H groups in total. The first kappa shape index (κ1) is 11.0. The molecular formula is C12H13BF3O-. The molecule has 0 amide bonds. The molecule has 3 aliphatic rings. The molecule has 0 saturated heterocycles. The number of hydrogen-bond donors (Lipinski definition) is 0. The Morgan fingerprint density at radius 3 is 2.00 bits per heavy atom. The van der Waals surface area contributed by atoms with Crippen LogP contribution in [0.2, 0.25) is 5.31 Å². The molecular weight excluding hydrogens is 228 g/mol. The van der Waals surface area contributed by atoms with E-state index in [1.165, 1.54) is 0 Å². The number of ether oxygens (including phenoxy) is 1. The molecule has 3 fully saturated rings. The third-order valence-electron chi connectivity index (χ3n) is 4.47. The smallest absolute Gasteiger partial charge is 0.484 e. The van der Waals surface area contributed by atoms with Gasteiger partial charge in [0, 0.05) is 0 Å². The van der Waals surface area contributed by atoms with Gasteiger partial charge in [-0.1, -0.05) is 36.7 Å². The minimum atomic E-state index is -4.67. The normalized spacial score (nSPS) is 34.8. The van der Waals surface area contributed by atoms with Crippen molar-refractivity contribution in [2.24, 2.45) is 0 Å². The summed E-state index contributed by atoms with van der Waals surface area (Å²) in [6.45, 7) is -4.67. The van der Waals surface area contributed by atoms with Crippen LogP contribution >= 0.6 is 0 Å². The Kier molecular flexibility index (Phi) is 1.94. The average molecular weight is 241 g/mol. The van der Waals surface area contributed by atoms with Crippen molar-refractivity contribution < 1.29 is 17.7 Å². The Balaban J connectivity index is 1.78. The summed E-state index contributed by atoms with van der Waals surface area (Å²) in [5, 5.41) is -1.31. The zero-order chi connectivity index (χ0) is 12.3. The van der Waals surface area contributed by atoms with Gasteiger partial charge in [-0.3, -0.25) is 0 Å². The van der Waals surface area contributed by atoms with E-state index in [1.807, 2.05) is 24.3 Å². The molecule has 92 valence electrons. The molecule has 2 bridgehead atoms. The molecule has 0 atom stereocenters. The highest BCUT2D eigenvalue weighted by atomic mass is 19.4. The molecule has 0 radical (unpaired) electrons. The van der Waals surface area contributed by atoms with Crippen LogP contribution in [0.5, 0.6) is 5.75 Å². The van der Waals surface area contributed by atoms with Gasteiger partial charge in [0.15, 0.2) is 0 Å². The zero-order valence-electron chi connectivity index (χ0n) is 9.55. The molecule has 0 heterocycles. The molecule has 3 aliphatic carbocycles. The van der Waals surface area contributed by atoms with E-state index in [-0.39, 0.29) is 24.7 Å². The van der Waals surface area contributed by atoms with Crippen LogP contribution in [0.15, 0.2) is 24.3 Å². The van der Waals surface area contributed by atoms with Gasteiger partial charge in [0.2, 0.25) is 0 Å². The molecule has 0 spiro atoms. The number of methoxy groups -OCH3 is 1. The van der Waals surface area contributed by atoms with Gasteiger partial charge in [-0.2, -0.15) is 0 Å². The zero-order valence-corrected chi connectivity index (χ0v) is 9.55. The summed E-state index contributed by atoms with van der Waals surface area (Å²) in [4.78, 5) is 0. The van der Waals surface area contributed by atoms with Gasteiger partial charge in [0.25, 0.3) is 0 Å². The summed E-state index contributed by atoms with van der Waals surface area (Å²) in [6.07, 6.45) is 0.863. The van der Waals surface area contributed by atoms with Crippen molar-refractivity contribution in [1.82, 2.24) is 0 Å². The van der Waals surface area contributed by atoms with Crippen molar-refractivity contribution in [3.8, 4) is 5.75 Å². The highest BCUT2D eigenvalue weighted by Crippen LogP contribution is 2.82. The van der Waals surface area contributed by atoms with Gasteiger partial charge >= 0.3 is 6.98 Å². The minimum Gasteiger partial charge on any atom is -0.497 e. The van der Waals surface area contributed by atoms with Crippen LogP contribution in [0.3, 0.4) is 0 Å². The SMILES string of the molecule is COc1ccc(C23CC([B-](F)(F)F)(C2)C3)cc1. The Morgan fingerprint density at radius 2 is 1.59 bits per heavy atom. The lowest BCUT2D eigenvalue weighted by atomic mass is 9.23. The molecule has 3 saturated carbocycles. The van der Waals surface area contributed by atoms with E-state index in [2.05, 4.69) is 0 Å². The van der Waals surface area contributed by atoms with E-state index in [0.29, 0.717) is 0 Å². The lowest BCUT2D eigenvalue weighted by Gasteiger charge is -2.75. The fourth-order valence-electron chi connectivity index (χ4n) is 3.46. The minimum absolute atomic E-state index is 0.191. The van der Waals surface area contributed by atoms with Crippen LogP contribution in [-0.4, -0.2) is 14.1 Å². The largest absolute Gasteiger partial charge is 0.497 e. The van der Waals surface area contributed by atoms with Gasteiger partial charge in [0.05, 0.1) is 7.11 Å². The maximum Gasteiger partial charge on any atom is 0.484 e. The van der Waals surface area contributed by atoms with Gasteiger partial charge in [-0.15, -0.1) is 0 Å². The molecule has 0 aromatic heterocycles. The second-order valence-electron chi connectivity index (χ2n) is 5.48. The molecule has 0 unspecified atom stereocenters. The topological polar surface area (TPSA) is 9.23 Å². The Bertz CT molecular complexity index is 432. The number of benzene rings is 1. The van der Waals surface area contributed by atoms with E-state index in [4.69, 9.17) is 4.74 Å². The Labute approximate surface area is 98.0 Å². The third-order valence-corrected chi connectivity index (χ3v) is 4.47. The second-order valence-corrected chi connectivity index (χ2v) is 5.48. The van der Waals surface area contributed by atoms with Crippen LogP contribution in [0.4, 0.5) is 12.9 Å². The van der Waals surface area contributed by atoms with Crippen molar-refractivity contribution in [3.05, 3.63) is 29.8 Å². The Hall–Kier alpha value is -1.13. The second kappa shape index (κ2) is 3.00. The van der Waals surface area contributed by atoms with E-state index >= 15 is 0 Å². The summed E-state index contributed by atoms with van der Waals surface area (Å²) in [5.41, 5.74) is 0.837. The average Bonchev–Trinajstić information content (AvgIpc) is 2.12. The standard InChI is InChI=1S/C12H13BF3O/c1-17-10-4-2-9(3-5-10)11-6-12(7-11,8-11)13(14,15)16/h2-5H,6-8H2,1H3/q-1. The van der Waals surface area contributed by atoms with E-state index in [1.54, 1.807) is 7.11 Å². The lowest BCUT2D eigenvalue weighted by Crippen LogP contribution is -2.67. The number of rotatable bonds is 3. The fraction of sp³-hybridized carbons (Fsp3) is 0.500. The van der Waals surface area contributed by atoms with Gasteiger partial charge < -0.3 is 17.7 Å². The van der Waals surface area contributed by atoms with Crippen molar-refractivity contribution >= 4 is 6.98 Å². The fourth-order valence-corrected chi connectivity index (χ4v) is 3.46. The highest BCUT2D eigenvalue weighted by Gasteiger charge is 2.74. The summed E-state index contributed by atoms with van der Waals surface area (Å²) < 4.78 is 43.4. The van der Waals surface area contributed by atoms with Crippen molar-refractivity contribution in [2.45, 2.75) is 30.0 Å². The summed E-state index contributed by atoms with van der Waals surface area (Å²) in [5.74, 6) is 0.745. The van der Waals surface area contributed by atoms with Crippen LogP contribution in [0, 0.1) is 0 Å².